The smallest absolute Gasteiger partial charge is 0.337 e. The Bertz CT molecular complexity index is 162. The summed E-state index contributed by atoms with van der Waals surface area (Å²) in [7, 11) is 1.26. The van der Waals surface area contributed by atoms with E-state index in [9.17, 15) is 4.79 Å². The van der Waals surface area contributed by atoms with Crippen LogP contribution in [0.2, 0.25) is 0 Å². The van der Waals surface area contributed by atoms with Crippen molar-refractivity contribution in [2.45, 2.75) is 19.4 Å². The van der Waals surface area contributed by atoms with Crippen LogP contribution in [0.15, 0.2) is 0 Å². The van der Waals surface area contributed by atoms with E-state index in [4.69, 9.17) is 5.26 Å². The molecule has 0 saturated carbocycles. The number of carbonyl (C=O) groups is 1. The lowest BCUT2D eigenvalue weighted by molar-refractivity contribution is -0.141. The van der Waals surface area contributed by atoms with Crippen LogP contribution in [0.25, 0.3) is 0 Å². The molecule has 0 amide bonds. The number of carbonyl (C=O) groups excluding carboxylic acids is 1. The lowest BCUT2D eigenvalue weighted by Crippen LogP contribution is -2.36. The summed E-state index contributed by atoms with van der Waals surface area (Å²) in [6, 6.07) is 0.982. The summed E-state index contributed by atoms with van der Waals surface area (Å²) < 4.78 is 4.38. The first-order valence-electron chi connectivity index (χ1n) is 3.47. The average Bonchev–Trinajstić information content (AvgIpc) is 2.05. The molecule has 0 aliphatic carbocycles. The van der Waals surface area contributed by atoms with Gasteiger partial charge >= 0.3 is 5.97 Å². The van der Waals surface area contributed by atoms with E-state index in [1.54, 1.807) is 6.07 Å². The van der Waals surface area contributed by atoms with E-state index in [1.165, 1.54) is 7.11 Å². The lowest BCUT2D eigenvalue weighted by Gasteiger charge is -2.06. The van der Waals surface area contributed by atoms with Crippen molar-refractivity contribution in [3.05, 3.63) is 0 Å². The highest BCUT2D eigenvalue weighted by atomic mass is 16.5. The number of nitrogens with one attached hydrogen (secondary N) is 1. The van der Waals surface area contributed by atoms with Gasteiger partial charge in [0.15, 0.2) is 6.04 Å². The molecule has 0 heterocycles. The number of ether oxygens (including phenoxy) is 1. The fourth-order valence-electron chi connectivity index (χ4n) is 0.588. The van der Waals surface area contributed by atoms with Crippen LogP contribution < -0.4 is 5.32 Å². The molecule has 4 nitrogen and oxygen atoms in total. The first-order chi connectivity index (χ1) is 5.26. The minimum absolute atomic E-state index is 0.527. The monoisotopic (exact) mass is 156 g/mol. The van der Waals surface area contributed by atoms with Gasteiger partial charge in [0.25, 0.3) is 0 Å². The zero-order valence-electron chi connectivity index (χ0n) is 6.76. The van der Waals surface area contributed by atoms with Gasteiger partial charge in [0.1, 0.15) is 0 Å². The number of nitriles is 1. The number of rotatable bonds is 4. The first kappa shape index (κ1) is 9.92. The largest absolute Gasteiger partial charge is 0.467 e. The van der Waals surface area contributed by atoms with Crippen molar-refractivity contribution in [3.8, 4) is 6.07 Å². The lowest BCUT2D eigenvalue weighted by atomic mass is 10.3. The van der Waals surface area contributed by atoms with Crippen LogP contribution in [0, 0.1) is 11.3 Å². The van der Waals surface area contributed by atoms with Crippen LogP contribution in [-0.2, 0) is 9.53 Å². The molecule has 1 unspecified atom stereocenters. The second-order valence-corrected chi connectivity index (χ2v) is 2.04. The highest BCUT2D eigenvalue weighted by molar-refractivity contribution is 5.78. The highest BCUT2D eigenvalue weighted by Crippen LogP contribution is 1.85. The molecule has 0 aromatic rings. The molecule has 1 N–H and O–H groups in total. The standard InChI is InChI=1S/C7H12N2O2/c1-3-4-9-6(5-8)7(10)11-2/h6,9H,3-4H2,1-2H3. The Balaban J connectivity index is 3.78. The minimum Gasteiger partial charge on any atom is -0.467 e. The zero-order chi connectivity index (χ0) is 8.69. The van der Waals surface area contributed by atoms with Gasteiger partial charge in [0.2, 0.25) is 0 Å². The summed E-state index contributed by atoms with van der Waals surface area (Å²) in [6.45, 7) is 2.60. The third kappa shape index (κ3) is 3.58. The molecule has 1 atom stereocenters. The van der Waals surface area contributed by atoms with Gasteiger partial charge in [-0.05, 0) is 13.0 Å². The predicted molar refractivity (Wildman–Crippen MR) is 39.7 cm³/mol. The second kappa shape index (κ2) is 5.69. The van der Waals surface area contributed by atoms with Crippen molar-refractivity contribution in [2.75, 3.05) is 13.7 Å². The molecule has 0 aliphatic heterocycles. The molecule has 62 valence electrons. The van der Waals surface area contributed by atoms with Crippen LogP contribution in [0.3, 0.4) is 0 Å². The van der Waals surface area contributed by atoms with Crippen LogP contribution in [-0.4, -0.2) is 25.7 Å². The third-order valence-electron chi connectivity index (χ3n) is 1.16. The summed E-state index contributed by atoms with van der Waals surface area (Å²) >= 11 is 0. The van der Waals surface area contributed by atoms with Crippen molar-refractivity contribution in [1.29, 1.82) is 5.26 Å². The Morgan fingerprint density at radius 1 is 1.82 bits per heavy atom. The van der Waals surface area contributed by atoms with E-state index in [0.29, 0.717) is 6.54 Å². The molecular formula is C7H12N2O2. The van der Waals surface area contributed by atoms with Gasteiger partial charge in [-0.1, -0.05) is 6.92 Å². The molecular weight excluding hydrogens is 144 g/mol. The fraction of sp³-hybridized carbons (Fsp3) is 0.714. The van der Waals surface area contributed by atoms with Gasteiger partial charge in [0, 0.05) is 0 Å². The SMILES string of the molecule is CCCNC(C#N)C(=O)OC. The number of esters is 1. The first-order valence-corrected chi connectivity index (χ1v) is 3.47. The maximum atomic E-state index is 10.7. The molecule has 4 heteroatoms. The summed E-state index contributed by atoms with van der Waals surface area (Å²) in [5.74, 6) is -0.527. The summed E-state index contributed by atoms with van der Waals surface area (Å²) in [5.41, 5.74) is 0. The molecule has 0 aliphatic rings. The number of nitrogens with zero attached hydrogens (tertiary/aromatic N) is 1. The fourth-order valence-corrected chi connectivity index (χ4v) is 0.588. The minimum atomic E-state index is -0.819. The van der Waals surface area contributed by atoms with Crippen LogP contribution >= 0.6 is 0 Å². The second-order valence-electron chi connectivity index (χ2n) is 2.04. The quantitative estimate of drug-likeness (QED) is 0.584. The molecule has 0 spiro atoms. The summed E-state index contributed by atoms with van der Waals surface area (Å²) in [4.78, 5) is 10.7. The van der Waals surface area contributed by atoms with Crippen molar-refractivity contribution >= 4 is 5.97 Å². The number of hydrogen-bond acceptors (Lipinski definition) is 4. The zero-order valence-corrected chi connectivity index (χ0v) is 6.76. The van der Waals surface area contributed by atoms with Crippen LogP contribution in [0.1, 0.15) is 13.3 Å². The van der Waals surface area contributed by atoms with Crippen molar-refractivity contribution in [1.82, 2.24) is 5.32 Å². The summed E-state index contributed by atoms with van der Waals surface area (Å²) in [6.07, 6.45) is 0.884. The van der Waals surface area contributed by atoms with Crippen molar-refractivity contribution in [2.24, 2.45) is 0 Å². The molecule has 0 bridgehead atoms. The molecule has 0 saturated heterocycles. The molecule has 0 aromatic heterocycles. The topological polar surface area (TPSA) is 62.1 Å². The van der Waals surface area contributed by atoms with Gasteiger partial charge in [-0.25, -0.2) is 4.79 Å². The molecule has 0 aromatic carbocycles. The summed E-state index contributed by atoms with van der Waals surface area (Å²) in [5, 5.41) is 11.2. The maximum absolute atomic E-state index is 10.7. The van der Waals surface area contributed by atoms with E-state index in [1.807, 2.05) is 6.92 Å². The third-order valence-corrected chi connectivity index (χ3v) is 1.16. The van der Waals surface area contributed by atoms with Gasteiger partial charge in [-0.3, -0.25) is 5.32 Å². The highest BCUT2D eigenvalue weighted by Gasteiger charge is 2.15. The Labute approximate surface area is 66.1 Å². The van der Waals surface area contributed by atoms with Crippen molar-refractivity contribution in [3.63, 3.8) is 0 Å². The molecule has 0 rings (SSSR count). The normalized spacial score (nSPS) is 11.7. The number of hydrogen-bond donors (Lipinski definition) is 1. The molecule has 0 fully saturated rings. The van der Waals surface area contributed by atoms with Crippen LogP contribution in [0.4, 0.5) is 0 Å². The van der Waals surface area contributed by atoms with E-state index >= 15 is 0 Å². The van der Waals surface area contributed by atoms with Gasteiger partial charge in [-0.2, -0.15) is 5.26 Å². The number of methoxy groups -OCH3 is 1. The van der Waals surface area contributed by atoms with Gasteiger partial charge < -0.3 is 4.74 Å². The van der Waals surface area contributed by atoms with Crippen molar-refractivity contribution < 1.29 is 9.53 Å². The molecule has 0 radical (unpaired) electrons. The van der Waals surface area contributed by atoms with Crippen LogP contribution in [0.5, 0.6) is 0 Å². The van der Waals surface area contributed by atoms with E-state index in [2.05, 4.69) is 10.1 Å². The van der Waals surface area contributed by atoms with Gasteiger partial charge in [-0.15, -0.1) is 0 Å². The van der Waals surface area contributed by atoms with E-state index in [0.717, 1.165) is 6.42 Å². The van der Waals surface area contributed by atoms with E-state index < -0.39 is 12.0 Å². The Kier molecular flexibility index (Phi) is 5.13. The average molecular weight is 156 g/mol. The molecule has 11 heavy (non-hydrogen) atoms. The Hall–Kier alpha value is -1.08. The Morgan fingerprint density at radius 3 is 2.82 bits per heavy atom. The Morgan fingerprint density at radius 2 is 2.45 bits per heavy atom. The predicted octanol–water partition coefficient (Wildman–Crippen LogP) is 0.0512. The maximum Gasteiger partial charge on any atom is 0.337 e. The van der Waals surface area contributed by atoms with Gasteiger partial charge in [0.05, 0.1) is 13.2 Å². The van der Waals surface area contributed by atoms with E-state index in [-0.39, 0.29) is 0 Å².